The van der Waals surface area contributed by atoms with Gasteiger partial charge in [-0.05, 0) is 31.5 Å². The Kier molecular flexibility index (Phi) is 5.65. The zero-order valence-electron chi connectivity index (χ0n) is 14.8. The summed E-state index contributed by atoms with van der Waals surface area (Å²) in [5.74, 6) is 1.19. The van der Waals surface area contributed by atoms with Crippen molar-refractivity contribution in [2.24, 2.45) is 0 Å². The maximum Gasteiger partial charge on any atom is 0.244 e. The monoisotopic (exact) mass is 343 g/mol. The van der Waals surface area contributed by atoms with Gasteiger partial charge in [0, 0.05) is 38.0 Å². The van der Waals surface area contributed by atoms with E-state index in [-0.39, 0.29) is 12.5 Å². The zero-order chi connectivity index (χ0) is 17.6. The molecule has 1 saturated heterocycles. The Morgan fingerprint density at radius 1 is 1.48 bits per heavy atom. The van der Waals surface area contributed by atoms with Gasteiger partial charge >= 0.3 is 0 Å². The number of carbonyl (C=O) groups excluding carboxylic acids is 1. The molecule has 0 spiro atoms. The molecule has 2 aromatic heterocycles. The lowest BCUT2D eigenvalue weighted by Crippen LogP contribution is -2.31. The van der Waals surface area contributed by atoms with Crippen LogP contribution in [-0.2, 0) is 17.9 Å². The third-order valence-corrected chi connectivity index (χ3v) is 4.52. The van der Waals surface area contributed by atoms with E-state index in [1.807, 2.05) is 18.3 Å². The van der Waals surface area contributed by atoms with E-state index in [9.17, 15) is 4.79 Å². The first kappa shape index (κ1) is 17.4. The Bertz CT molecular complexity index is 709. The van der Waals surface area contributed by atoms with Gasteiger partial charge in [-0.15, -0.1) is 0 Å². The van der Waals surface area contributed by atoms with Crippen LogP contribution in [0.2, 0.25) is 0 Å². The Hall–Kier alpha value is -2.41. The number of nitrogens with one attached hydrogen (secondary N) is 1. The summed E-state index contributed by atoms with van der Waals surface area (Å²) >= 11 is 0. The van der Waals surface area contributed by atoms with Gasteiger partial charge in [0.05, 0.1) is 25.0 Å². The number of ether oxygens (including phenoxy) is 1. The number of carbonyl (C=O) groups is 1. The molecule has 1 aliphatic heterocycles. The van der Waals surface area contributed by atoms with Crippen molar-refractivity contribution in [3.63, 3.8) is 0 Å². The second-order valence-electron chi connectivity index (χ2n) is 6.42. The molecule has 1 amide bonds. The minimum absolute atomic E-state index is 0.000962. The van der Waals surface area contributed by atoms with Crippen LogP contribution in [0.3, 0.4) is 0 Å². The van der Waals surface area contributed by atoms with Crippen molar-refractivity contribution in [3.8, 4) is 5.75 Å². The molecule has 1 atom stereocenters. The largest absolute Gasteiger partial charge is 0.497 e. The van der Waals surface area contributed by atoms with Gasteiger partial charge in [0.15, 0.2) is 0 Å². The second-order valence-corrected chi connectivity index (χ2v) is 6.42. The fourth-order valence-corrected chi connectivity index (χ4v) is 3.05. The van der Waals surface area contributed by atoms with Crippen LogP contribution in [0.5, 0.6) is 5.75 Å². The molecule has 0 saturated carbocycles. The molecule has 25 heavy (non-hydrogen) atoms. The molecule has 0 unspecified atom stereocenters. The Morgan fingerprint density at radius 3 is 3.12 bits per heavy atom. The van der Waals surface area contributed by atoms with Gasteiger partial charge in [0.1, 0.15) is 12.3 Å². The average molecular weight is 343 g/mol. The molecule has 7 nitrogen and oxygen atoms in total. The summed E-state index contributed by atoms with van der Waals surface area (Å²) in [4.78, 5) is 18.4. The number of likely N-dealkylation sites (N-methyl/N-ethyl adjacent to an activating group) is 1. The predicted molar refractivity (Wildman–Crippen MR) is 94.3 cm³/mol. The summed E-state index contributed by atoms with van der Waals surface area (Å²) in [6.07, 6.45) is 5.90. The van der Waals surface area contributed by atoms with E-state index in [2.05, 4.69) is 15.4 Å². The molecule has 0 aromatic carbocycles. The summed E-state index contributed by atoms with van der Waals surface area (Å²) in [6.45, 7) is 2.72. The van der Waals surface area contributed by atoms with E-state index in [1.54, 1.807) is 36.0 Å². The summed E-state index contributed by atoms with van der Waals surface area (Å²) in [7, 11) is 3.39. The smallest absolute Gasteiger partial charge is 0.244 e. The third-order valence-electron chi connectivity index (χ3n) is 4.52. The number of pyridine rings is 1. The van der Waals surface area contributed by atoms with Crippen molar-refractivity contribution in [3.05, 3.63) is 42.0 Å². The van der Waals surface area contributed by atoms with Crippen LogP contribution in [0.15, 0.2) is 30.6 Å². The summed E-state index contributed by atoms with van der Waals surface area (Å²) < 4.78 is 6.91. The van der Waals surface area contributed by atoms with Crippen LogP contribution in [0.4, 0.5) is 0 Å². The molecular weight excluding hydrogens is 318 g/mol. The van der Waals surface area contributed by atoms with Crippen molar-refractivity contribution in [1.29, 1.82) is 0 Å². The highest BCUT2D eigenvalue weighted by molar-refractivity contribution is 5.75. The quantitative estimate of drug-likeness (QED) is 0.859. The highest BCUT2D eigenvalue weighted by atomic mass is 16.5. The lowest BCUT2D eigenvalue weighted by molar-refractivity contribution is -0.131. The molecular formula is C18H25N5O2. The van der Waals surface area contributed by atoms with Crippen LogP contribution < -0.4 is 10.1 Å². The van der Waals surface area contributed by atoms with Crippen LogP contribution in [0.25, 0.3) is 0 Å². The predicted octanol–water partition coefficient (Wildman–Crippen LogP) is 1.41. The molecule has 0 aliphatic carbocycles. The average Bonchev–Trinajstić information content (AvgIpc) is 3.11. The van der Waals surface area contributed by atoms with Gasteiger partial charge in [-0.1, -0.05) is 0 Å². The first-order valence-electron chi connectivity index (χ1n) is 8.62. The van der Waals surface area contributed by atoms with Gasteiger partial charge in [-0.25, -0.2) is 0 Å². The lowest BCUT2D eigenvalue weighted by atomic mass is 9.97. The zero-order valence-corrected chi connectivity index (χ0v) is 14.8. The SMILES string of the molecule is COc1ccnc(CN(C)C(=O)Cn2ccc([C@H]3CCCNC3)n2)c1. The molecule has 1 fully saturated rings. The molecule has 2 aromatic rings. The van der Waals surface area contributed by atoms with Crippen molar-refractivity contribution in [2.45, 2.75) is 31.8 Å². The molecule has 1 aliphatic rings. The summed E-state index contributed by atoms with van der Waals surface area (Å²) in [5.41, 5.74) is 1.86. The van der Waals surface area contributed by atoms with Crippen molar-refractivity contribution in [1.82, 2.24) is 25.0 Å². The molecule has 3 heterocycles. The first-order valence-corrected chi connectivity index (χ1v) is 8.62. The van der Waals surface area contributed by atoms with Crippen LogP contribution in [0, 0.1) is 0 Å². The Morgan fingerprint density at radius 2 is 2.36 bits per heavy atom. The van der Waals surface area contributed by atoms with E-state index in [1.165, 1.54) is 6.42 Å². The van der Waals surface area contributed by atoms with E-state index in [0.717, 1.165) is 36.6 Å². The standard InChI is InChI=1S/C18H25N5O2/c1-22(12-15-10-16(25-2)5-8-20-15)18(24)13-23-9-6-17(21-23)14-4-3-7-19-11-14/h5-6,8-10,14,19H,3-4,7,11-13H2,1-2H3/t14-/m0/s1. The number of rotatable bonds is 6. The highest BCUT2D eigenvalue weighted by Gasteiger charge is 2.18. The van der Waals surface area contributed by atoms with E-state index in [0.29, 0.717) is 12.5 Å². The van der Waals surface area contributed by atoms with Crippen LogP contribution >= 0.6 is 0 Å². The van der Waals surface area contributed by atoms with Gasteiger partial charge in [0.2, 0.25) is 5.91 Å². The maximum atomic E-state index is 12.5. The van der Waals surface area contributed by atoms with Gasteiger partial charge in [-0.2, -0.15) is 5.10 Å². The number of amides is 1. The second kappa shape index (κ2) is 8.11. The summed E-state index contributed by atoms with van der Waals surface area (Å²) in [5, 5.41) is 7.98. The minimum Gasteiger partial charge on any atom is -0.497 e. The van der Waals surface area contributed by atoms with Crippen molar-refractivity contribution in [2.75, 3.05) is 27.2 Å². The normalized spacial score (nSPS) is 17.3. The number of hydrogen-bond donors (Lipinski definition) is 1. The Labute approximate surface area is 148 Å². The number of nitrogens with zero attached hydrogens (tertiary/aromatic N) is 4. The molecule has 1 N–H and O–H groups in total. The maximum absolute atomic E-state index is 12.5. The highest BCUT2D eigenvalue weighted by Crippen LogP contribution is 2.21. The van der Waals surface area contributed by atoms with Gasteiger partial charge < -0.3 is 15.0 Å². The number of piperidine rings is 1. The van der Waals surface area contributed by atoms with Crippen molar-refractivity contribution >= 4 is 5.91 Å². The summed E-state index contributed by atoms with van der Waals surface area (Å²) in [6, 6.07) is 5.65. The number of methoxy groups -OCH3 is 1. The molecule has 3 rings (SSSR count). The van der Waals surface area contributed by atoms with E-state index >= 15 is 0 Å². The number of hydrogen-bond acceptors (Lipinski definition) is 5. The fourth-order valence-electron chi connectivity index (χ4n) is 3.05. The Balaban J connectivity index is 1.56. The van der Waals surface area contributed by atoms with Crippen LogP contribution in [-0.4, -0.2) is 52.8 Å². The lowest BCUT2D eigenvalue weighted by Gasteiger charge is -2.21. The fraction of sp³-hybridized carbons (Fsp3) is 0.500. The molecule has 0 bridgehead atoms. The topological polar surface area (TPSA) is 72.3 Å². The van der Waals surface area contributed by atoms with Gasteiger partial charge in [-0.3, -0.25) is 14.5 Å². The third kappa shape index (κ3) is 4.57. The first-order chi connectivity index (χ1) is 12.2. The van der Waals surface area contributed by atoms with E-state index < -0.39 is 0 Å². The van der Waals surface area contributed by atoms with Gasteiger partial charge in [0.25, 0.3) is 0 Å². The van der Waals surface area contributed by atoms with E-state index in [4.69, 9.17) is 4.74 Å². The molecule has 7 heteroatoms. The van der Waals surface area contributed by atoms with Crippen LogP contribution in [0.1, 0.15) is 30.1 Å². The minimum atomic E-state index is 0.000962. The molecule has 134 valence electrons. The molecule has 0 radical (unpaired) electrons. The number of aromatic nitrogens is 3. The van der Waals surface area contributed by atoms with Crippen molar-refractivity contribution < 1.29 is 9.53 Å².